The van der Waals surface area contributed by atoms with Crippen LogP contribution in [0.3, 0.4) is 0 Å². The molecule has 2 amide bonds. The van der Waals surface area contributed by atoms with Crippen molar-refractivity contribution in [1.82, 2.24) is 9.88 Å². The van der Waals surface area contributed by atoms with Gasteiger partial charge >= 0.3 is 0 Å². The van der Waals surface area contributed by atoms with Gasteiger partial charge in [0.2, 0.25) is 11.8 Å². The van der Waals surface area contributed by atoms with Gasteiger partial charge in [-0.25, -0.2) is 0 Å². The number of rotatable bonds is 7. The molecular formula is C20H25N3O2. The Labute approximate surface area is 149 Å². The van der Waals surface area contributed by atoms with Crippen LogP contribution in [-0.4, -0.2) is 28.2 Å². The molecule has 0 radical (unpaired) electrons. The van der Waals surface area contributed by atoms with E-state index in [1.54, 1.807) is 6.20 Å². The highest BCUT2D eigenvalue weighted by Crippen LogP contribution is 2.22. The summed E-state index contributed by atoms with van der Waals surface area (Å²) in [6, 6.07) is 11.6. The average molecular weight is 339 g/mol. The van der Waals surface area contributed by atoms with Crippen molar-refractivity contribution in [2.75, 3.05) is 11.9 Å². The Balaban J connectivity index is 2.11. The predicted molar refractivity (Wildman–Crippen MR) is 99.2 cm³/mol. The molecule has 1 N–H and O–H groups in total. The molecule has 0 bridgehead atoms. The van der Waals surface area contributed by atoms with Crippen LogP contribution in [0.15, 0.2) is 42.6 Å². The van der Waals surface area contributed by atoms with Gasteiger partial charge in [-0.15, -0.1) is 0 Å². The molecule has 5 nitrogen and oxygen atoms in total. The van der Waals surface area contributed by atoms with Gasteiger partial charge in [-0.2, -0.15) is 0 Å². The van der Waals surface area contributed by atoms with Crippen molar-refractivity contribution in [2.24, 2.45) is 0 Å². The first-order valence-corrected chi connectivity index (χ1v) is 8.61. The molecule has 0 atom stereocenters. The van der Waals surface area contributed by atoms with Gasteiger partial charge in [0.1, 0.15) is 6.54 Å². The lowest BCUT2D eigenvalue weighted by atomic mass is 10.0. The maximum atomic E-state index is 12.5. The van der Waals surface area contributed by atoms with Crippen molar-refractivity contribution in [3.05, 3.63) is 59.4 Å². The largest absolute Gasteiger partial charge is 0.328 e. The van der Waals surface area contributed by atoms with Crippen molar-refractivity contribution in [3.8, 4) is 0 Å². The summed E-state index contributed by atoms with van der Waals surface area (Å²) in [6.45, 7) is 5.92. The molecule has 25 heavy (non-hydrogen) atoms. The van der Waals surface area contributed by atoms with E-state index in [4.69, 9.17) is 0 Å². The molecule has 1 heterocycles. The van der Waals surface area contributed by atoms with Gasteiger partial charge in [-0.1, -0.05) is 38.1 Å². The molecule has 0 unspecified atom stereocenters. The fraction of sp³-hybridized carbons (Fsp3) is 0.350. The van der Waals surface area contributed by atoms with E-state index in [0.717, 1.165) is 35.3 Å². The van der Waals surface area contributed by atoms with E-state index in [0.29, 0.717) is 6.54 Å². The van der Waals surface area contributed by atoms with Gasteiger partial charge in [0.25, 0.3) is 0 Å². The third-order valence-electron chi connectivity index (χ3n) is 4.12. The zero-order valence-electron chi connectivity index (χ0n) is 15.1. The fourth-order valence-corrected chi connectivity index (χ4v) is 2.72. The third-order valence-corrected chi connectivity index (χ3v) is 4.12. The summed E-state index contributed by atoms with van der Waals surface area (Å²) in [6.07, 6.45) is 3.36. The first kappa shape index (κ1) is 18.6. The Morgan fingerprint density at radius 3 is 2.24 bits per heavy atom. The molecule has 0 saturated carbocycles. The van der Waals surface area contributed by atoms with Gasteiger partial charge in [0, 0.05) is 18.8 Å². The first-order valence-electron chi connectivity index (χ1n) is 8.61. The van der Waals surface area contributed by atoms with Crippen LogP contribution in [0, 0.1) is 0 Å². The van der Waals surface area contributed by atoms with Crippen LogP contribution < -0.4 is 5.32 Å². The molecule has 0 aliphatic rings. The number of aryl methyl sites for hydroxylation is 2. The lowest BCUT2D eigenvalue weighted by Crippen LogP contribution is -2.36. The molecular weight excluding hydrogens is 314 g/mol. The summed E-state index contributed by atoms with van der Waals surface area (Å²) in [5.74, 6) is -0.345. The Bertz CT molecular complexity index is 707. The minimum absolute atomic E-state index is 0.00705. The van der Waals surface area contributed by atoms with E-state index in [-0.39, 0.29) is 18.4 Å². The topological polar surface area (TPSA) is 62.3 Å². The van der Waals surface area contributed by atoms with Crippen molar-refractivity contribution >= 4 is 17.5 Å². The van der Waals surface area contributed by atoms with E-state index in [1.165, 1.54) is 11.8 Å². The van der Waals surface area contributed by atoms with Crippen LogP contribution in [0.2, 0.25) is 0 Å². The molecule has 2 rings (SSSR count). The number of pyridine rings is 1. The predicted octanol–water partition coefficient (Wildman–Crippen LogP) is 3.19. The molecule has 1 aromatic carbocycles. The van der Waals surface area contributed by atoms with Gasteiger partial charge in [0.05, 0.1) is 12.2 Å². The van der Waals surface area contributed by atoms with Gasteiger partial charge in [0.15, 0.2) is 0 Å². The highest BCUT2D eigenvalue weighted by molar-refractivity contribution is 5.95. The summed E-state index contributed by atoms with van der Waals surface area (Å²) in [5.41, 5.74) is 3.84. The van der Waals surface area contributed by atoms with Gasteiger partial charge < -0.3 is 10.2 Å². The van der Waals surface area contributed by atoms with Crippen LogP contribution in [-0.2, 0) is 29.0 Å². The van der Waals surface area contributed by atoms with Crippen molar-refractivity contribution < 1.29 is 9.59 Å². The maximum absolute atomic E-state index is 12.5. The highest BCUT2D eigenvalue weighted by Gasteiger charge is 2.16. The number of benzene rings is 1. The molecule has 0 aliphatic carbocycles. The number of anilines is 1. The van der Waals surface area contributed by atoms with Crippen molar-refractivity contribution in [3.63, 3.8) is 0 Å². The number of carbonyl (C=O) groups is 2. The molecule has 0 aliphatic heterocycles. The van der Waals surface area contributed by atoms with Crippen LogP contribution in [0.1, 0.15) is 37.6 Å². The highest BCUT2D eigenvalue weighted by atomic mass is 16.2. The monoisotopic (exact) mass is 339 g/mol. The SMILES string of the molecule is CCc1cccc(CC)c1NC(=O)CN(Cc1ccccn1)C(C)=O. The number of hydrogen-bond donors (Lipinski definition) is 1. The number of hydrogen-bond acceptors (Lipinski definition) is 3. The Kier molecular flexibility index (Phi) is 6.69. The zero-order valence-corrected chi connectivity index (χ0v) is 15.1. The lowest BCUT2D eigenvalue weighted by Gasteiger charge is -2.21. The summed E-state index contributed by atoms with van der Waals surface area (Å²) < 4.78 is 0. The standard InChI is InChI=1S/C20H25N3O2/c1-4-16-9-8-10-17(5-2)20(16)22-19(25)14-23(15(3)24)13-18-11-6-7-12-21-18/h6-12H,4-5,13-14H2,1-3H3,(H,22,25). The summed E-state index contributed by atoms with van der Waals surface area (Å²) >= 11 is 0. The molecule has 0 fully saturated rings. The molecule has 2 aromatic rings. The van der Waals surface area contributed by atoms with Crippen LogP contribution in [0.25, 0.3) is 0 Å². The molecule has 0 spiro atoms. The second-order valence-corrected chi connectivity index (χ2v) is 5.90. The second kappa shape index (κ2) is 8.97. The van der Waals surface area contributed by atoms with Crippen LogP contribution in [0.5, 0.6) is 0 Å². The van der Waals surface area contributed by atoms with Gasteiger partial charge in [-0.3, -0.25) is 14.6 Å². The normalized spacial score (nSPS) is 10.4. The van der Waals surface area contributed by atoms with E-state index in [9.17, 15) is 9.59 Å². The van der Waals surface area contributed by atoms with E-state index in [2.05, 4.69) is 24.1 Å². The molecule has 132 valence electrons. The minimum atomic E-state index is -0.193. The Morgan fingerprint density at radius 2 is 1.72 bits per heavy atom. The number of nitrogens with one attached hydrogen (secondary N) is 1. The number of nitrogens with zero attached hydrogens (tertiary/aromatic N) is 2. The van der Waals surface area contributed by atoms with Gasteiger partial charge in [-0.05, 0) is 36.1 Å². The molecule has 1 aromatic heterocycles. The van der Waals surface area contributed by atoms with Crippen molar-refractivity contribution in [2.45, 2.75) is 40.2 Å². The first-order chi connectivity index (χ1) is 12.0. The fourth-order valence-electron chi connectivity index (χ4n) is 2.72. The number of amides is 2. The Hall–Kier alpha value is -2.69. The van der Waals surface area contributed by atoms with E-state index >= 15 is 0 Å². The summed E-state index contributed by atoms with van der Waals surface area (Å²) in [7, 11) is 0. The summed E-state index contributed by atoms with van der Waals surface area (Å²) in [4.78, 5) is 30.1. The van der Waals surface area contributed by atoms with E-state index < -0.39 is 0 Å². The van der Waals surface area contributed by atoms with E-state index in [1.807, 2.05) is 36.4 Å². The second-order valence-electron chi connectivity index (χ2n) is 5.90. The molecule has 5 heteroatoms. The van der Waals surface area contributed by atoms with Crippen LogP contribution >= 0.6 is 0 Å². The quantitative estimate of drug-likeness (QED) is 0.842. The number of carbonyl (C=O) groups excluding carboxylic acids is 2. The lowest BCUT2D eigenvalue weighted by molar-refractivity contribution is -0.133. The number of para-hydroxylation sites is 1. The zero-order chi connectivity index (χ0) is 18.2. The molecule has 0 saturated heterocycles. The number of aromatic nitrogens is 1. The summed E-state index contributed by atoms with van der Waals surface area (Å²) in [5, 5.41) is 3.00. The third kappa shape index (κ3) is 5.14. The smallest absolute Gasteiger partial charge is 0.244 e. The maximum Gasteiger partial charge on any atom is 0.244 e. The Morgan fingerprint density at radius 1 is 1.04 bits per heavy atom. The average Bonchev–Trinajstić information content (AvgIpc) is 2.62. The van der Waals surface area contributed by atoms with Crippen molar-refractivity contribution in [1.29, 1.82) is 0 Å². The van der Waals surface area contributed by atoms with Crippen LogP contribution in [0.4, 0.5) is 5.69 Å². The minimum Gasteiger partial charge on any atom is -0.328 e.